The van der Waals surface area contributed by atoms with Crippen molar-refractivity contribution >= 4 is 17.7 Å². The SMILES string of the molecule is CNCC1CN(Cc2cccc3c2C(=O)N(C2CCC(=O)NC2=O)C3)CC12CC2. The molecular weight excluding hydrogens is 368 g/mol. The number of carbonyl (C=O) groups is 3. The Morgan fingerprint density at radius 3 is 2.79 bits per heavy atom. The molecule has 5 rings (SSSR count). The number of rotatable bonds is 5. The van der Waals surface area contributed by atoms with Gasteiger partial charge >= 0.3 is 0 Å². The molecule has 2 atom stereocenters. The predicted octanol–water partition coefficient (Wildman–Crippen LogP) is 0.879. The summed E-state index contributed by atoms with van der Waals surface area (Å²) < 4.78 is 0. The van der Waals surface area contributed by atoms with Gasteiger partial charge in [0.2, 0.25) is 11.8 Å². The molecule has 0 radical (unpaired) electrons. The Morgan fingerprint density at radius 1 is 1.24 bits per heavy atom. The first-order chi connectivity index (χ1) is 14.0. The molecule has 3 amide bonds. The zero-order valence-corrected chi connectivity index (χ0v) is 16.9. The van der Waals surface area contributed by atoms with Crippen LogP contribution < -0.4 is 10.6 Å². The summed E-state index contributed by atoms with van der Waals surface area (Å²) in [7, 11) is 2.02. The maximum atomic E-state index is 13.3. The zero-order valence-electron chi connectivity index (χ0n) is 16.9. The summed E-state index contributed by atoms with van der Waals surface area (Å²) in [5, 5.41) is 5.71. The molecule has 1 aliphatic carbocycles. The van der Waals surface area contributed by atoms with Crippen LogP contribution in [0.1, 0.15) is 47.2 Å². The zero-order chi connectivity index (χ0) is 20.2. The number of imide groups is 1. The minimum Gasteiger partial charge on any atom is -0.322 e. The molecule has 3 heterocycles. The minimum atomic E-state index is -0.554. The molecule has 7 nitrogen and oxygen atoms in total. The number of amides is 3. The van der Waals surface area contributed by atoms with E-state index in [1.807, 2.05) is 19.2 Å². The van der Waals surface area contributed by atoms with Crippen LogP contribution in [0.2, 0.25) is 0 Å². The molecule has 1 aromatic carbocycles. The van der Waals surface area contributed by atoms with Crippen molar-refractivity contribution in [2.45, 2.75) is 44.8 Å². The van der Waals surface area contributed by atoms with Crippen LogP contribution in [0.25, 0.3) is 0 Å². The second-order valence-corrected chi connectivity index (χ2v) is 9.14. The number of carbonyl (C=O) groups excluding carboxylic acids is 3. The van der Waals surface area contributed by atoms with E-state index in [4.69, 9.17) is 0 Å². The molecule has 2 N–H and O–H groups in total. The summed E-state index contributed by atoms with van der Waals surface area (Å²) in [6.07, 6.45) is 3.31. The van der Waals surface area contributed by atoms with E-state index in [-0.39, 0.29) is 24.1 Å². The highest BCUT2D eigenvalue weighted by molar-refractivity contribution is 6.05. The smallest absolute Gasteiger partial charge is 0.255 e. The Bertz CT molecular complexity index is 879. The Labute approximate surface area is 170 Å². The van der Waals surface area contributed by atoms with Gasteiger partial charge in [-0.3, -0.25) is 24.6 Å². The highest BCUT2D eigenvalue weighted by atomic mass is 16.2. The third-order valence-electron chi connectivity index (χ3n) is 7.26. The lowest BCUT2D eigenvalue weighted by Crippen LogP contribution is -2.52. The third kappa shape index (κ3) is 3.16. The van der Waals surface area contributed by atoms with E-state index in [9.17, 15) is 14.4 Å². The van der Waals surface area contributed by atoms with Gasteiger partial charge in [-0.25, -0.2) is 0 Å². The monoisotopic (exact) mass is 396 g/mol. The summed E-state index contributed by atoms with van der Waals surface area (Å²) in [5.41, 5.74) is 3.29. The molecule has 2 saturated heterocycles. The molecule has 0 aromatic heterocycles. The lowest BCUT2D eigenvalue weighted by molar-refractivity contribution is -0.136. The molecule has 154 valence electrons. The molecule has 3 fully saturated rings. The molecule has 4 aliphatic rings. The number of nitrogens with zero attached hydrogens (tertiary/aromatic N) is 2. The van der Waals surface area contributed by atoms with Crippen molar-refractivity contribution in [1.82, 2.24) is 20.4 Å². The van der Waals surface area contributed by atoms with Gasteiger partial charge in [0.1, 0.15) is 6.04 Å². The number of hydrogen-bond donors (Lipinski definition) is 2. The van der Waals surface area contributed by atoms with Crippen LogP contribution in [0.15, 0.2) is 18.2 Å². The Hall–Kier alpha value is -2.25. The minimum absolute atomic E-state index is 0.0720. The van der Waals surface area contributed by atoms with Crippen molar-refractivity contribution in [3.05, 3.63) is 34.9 Å². The molecule has 1 aromatic rings. The van der Waals surface area contributed by atoms with Crippen LogP contribution in [0.3, 0.4) is 0 Å². The summed E-state index contributed by atoms with van der Waals surface area (Å²) in [5.74, 6) is 0.00137. The summed E-state index contributed by atoms with van der Waals surface area (Å²) in [6.45, 7) is 4.44. The normalized spacial score (nSPS) is 28.2. The van der Waals surface area contributed by atoms with Gasteiger partial charge in [0, 0.05) is 38.2 Å². The van der Waals surface area contributed by atoms with E-state index in [2.05, 4.69) is 21.6 Å². The third-order valence-corrected chi connectivity index (χ3v) is 7.26. The van der Waals surface area contributed by atoms with Crippen LogP contribution in [0.4, 0.5) is 0 Å². The average molecular weight is 396 g/mol. The van der Waals surface area contributed by atoms with Crippen LogP contribution >= 0.6 is 0 Å². The first-order valence-corrected chi connectivity index (χ1v) is 10.6. The van der Waals surface area contributed by atoms with Crippen LogP contribution in [0.5, 0.6) is 0 Å². The molecule has 3 aliphatic heterocycles. The van der Waals surface area contributed by atoms with Crippen LogP contribution in [-0.4, -0.2) is 60.2 Å². The number of piperidine rings is 1. The van der Waals surface area contributed by atoms with Crippen LogP contribution in [0, 0.1) is 11.3 Å². The lowest BCUT2D eigenvalue weighted by Gasteiger charge is -2.29. The van der Waals surface area contributed by atoms with Crippen molar-refractivity contribution in [2.75, 3.05) is 26.7 Å². The second-order valence-electron chi connectivity index (χ2n) is 9.14. The first-order valence-electron chi connectivity index (χ1n) is 10.6. The Balaban J connectivity index is 1.34. The number of fused-ring (bicyclic) bond motifs is 1. The van der Waals surface area contributed by atoms with Gasteiger partial charge in [0.15, 0.2) is 0 Å². The van der Waals surface area contributed by atoms with Crippen molar-refractivity contribution in [2.24, 2.45) is 11.3 Å². The standard InChI is InChI=1S/C22H28N4O3/c1-23-9-16-12-25(13-22(16)7-8-22)10-14-3-2-4-15-11-26(21(29)19(14)15)17-5-6-18(27)24-20(17)28/h2-4,16-17,23H,5-13H2,1H3,(H,24,27,28). The van der Waals surface area contributed by atoms with E-state index in [0.717, 1.165) is 42.9 Å². The number of benzene rings is 1. The Kier molecular flexibility index (Phi) is 4.47. The highest BCUT2D eigenvalue weighted by Crippen LogP contribution is 2.56. The van der Waals surface area contributed by atoms with Gasteiger partial charge in [0.05, 0.1) is 0 Å². The van der Waals surface area contributed by atoms with Crippen molar-refractivity contribution in [1.29, 1.82) is 0 Å². The van der Waals surface area contributed by atoms with Crippen LogP contribution in [-0.2, 0) is 22.7 Å². The lowest BCUT2D eigenvalue weighted by atomic mass is 9.93. The van der Waals surface area contributed by atoms with Gasteiger partial charge in [-0.2, -0.15) is 0 Å². The highest BCUT2D eigenvalue weighted by Gasteiger charge is 2.54. The Morgan fingerprint density at radius 2 is 2.07 bits per heavy atom. The topological polar surface area (TPSA) is 81.8 Å². The fourth-order valence-corrected chi connectivity index (χ4v) is 5.58. The predicted molar refractivity (Wildman–Crippen MR) is 107 cm³/mol. The van der Waals surface area contributed by atoms with Gasteiger partial charge in [-0.1, -0.05) is 18.2 Å². The fourth-order valence-electron chi connectivity index (χ4n) is 5.58. The second kappa shape index (κ2) is 6.92. The van der Waals surface area contributed by atoms with Gasteiger partial charge in [-0.05, 0) is 55.3 Å². The molecule has 7 heteroatoms. The number of nitrogens with one attached hydrogen (secondary N) is 2. The quantitative estimate of drug-likeness (QED) is 0.722. The molecule has 1 saturated carbocycles. The van der Waals surface area contributed by atoms with E-state index in [1.165, 1.54) is 12.8 Å². The first kappa shape index (κ1) is 18.8. The molecule has 0 bridgehead atoms. The van der Waals surface area contributed by atoms with E-state index in [1.54, 1.807) is 4.90 Å². The molecule has 29 heavy (non-hydrogen) atoms. The fraction of sp³-hybridized carbons (Fsp3) is 0.591. The summed E-state index contributed by atoms with van der Waals surface area (Å²) in [6, 6.07) is 5.50. The summed E-state index contributed by atoms with van der Waals surface area (Å²) in [4.78, 5) is 41.1. The number of likely N-dealkylation sites (tertiary alicyclic amines) is 1. The molecular formula is C22H28N4O3. The number of hydrogen-bond acceptors (Lipinski definition) is 5. The van der Waals surface area contributed by atoms with E-state index >= 15 is 0 Å². The molecule has 1 spiro atoms. The van der Waals surface area contributed by atoms with Gasteiger partial charge in [-0.15, -0.1) is 0 Å². The maximum Gasteiger partial charge on any atom is 0.255 e. The van der Waals surface area contributed by atoms with Crippen molar-refractivity contribution in [3.63, 3.8) is 0 Å². The maximum absolute atomic E-state index is 13.3. The summed E-state index contributed by atoms with van der Waals surface area (Å²) >= 11 is 0. The van der Waals surface area contributed by atoms with Gasteiger partial charge in [0.25, 0.3) is 5.91 Å². The van der Waals surface area contributed by atoms with E-state index < -0.39 is 6.04 Å². The molecule has 2 unspecified atom stereocenters. The van der Waals surface area contributed by atoms with Crippen molar-refractivity contribution < 1.29 is 14.4 Å². The van der Waals surface area contributed by atoms with Crippen molar-refractivity contribution in [3.8, 4) is 0 Å². The van der Waals surface area contributed by atoms with E-state index in [0.29, 0.717) is 24.3 Å². The average Bonchev–Trinajstić information content (AvgIpc) is 3.27. The largest absolute Gasteiger partial charge is 0.322 e. The van der Waals surface area contributed by atoms with Gasteiger partial charge < -0.3 is 10.2 Å².